The number of carbonyl (C=O) groups excluding carboxylic acids is 1. The van der Waals surface area contributed by atoms with Gasteiger partial charge in [0.1, 0.15) is 5.41 Å². The van der Waals surface area contributed by atoms with Gasteiger partial charge in [-0.05, 0) is 6.42 Å². The summed E-state index contributed by atoms with van der Waals surface area (Å²) >= 11 is 0. The molecular weight excluding hydrogens is 152 g/mol. The zero-order chi connectivity index (χ0) is 8.53. The molecule has 0 rings (SSSR count). The van der Waals surface area contributed by atoms with E-state index in [9.17, 15) is 4.79 Å². The summed E-state index contributed by atoms with van der Waals surface area (Å²) in [6.45, 7) is 4.29. The fraction of sp³-hybridized carbons (Fsp3) is 0.889. The Bertz CT molecular complexity index is 102. The van der Waals surface area contributed by atoms with Gasteiger partial charge in [0.25, 0.3) is 0 Å². The minimum atomic E-state index is -0.340. The van der Waals surface area contributed by atoms with Crippen molar-refractivity contribution in [3.05, 3.63) is 0 Å². The Balaban J connectivity index is 2.95. The van der Waals surface area contributed by atoms with Crippen molar-refractivity contribution in [2.24, 2.45) is 0 Å². The number of carbonyl (C=O) groups is 1. The van der Waals surface area contributed by atoms with Crippen LogP contribution in [0.2, 0.25) is 6.55 Å². The van der Waals surface area contributed by atoms with Gasteiger partial charge in [0.15, 0.2) is 0 Å². The van der Waals surface area contributed by atoms with Crippen LogP contribution >= 0.6 is 0 Å². The fourth-order valence-electron chi connectivity index (χ4n) is 1.10. The van der Waals surface area contributed by atoms with Gasteiger partial charge in [-0.25, -0.2) is 0 Å². The molecule has 0 radical (unpaired) electrons. The second kappa shape index (κ2) is 7.99. The summed E-state index contributed by atoms with van der Waals surface area (Å²) in [5, 5.41) is 0.557. The maximum atomic E-state index is 10.9. The zero-order valence-corrected chi connectivity index (χ0v) is 9.27. The molecule has 2 heteroatoms. The normalized spacial score (nSPS) is 11.1. The van der Waals surface area contributed by atoms with E-state index in [0.29, 0.717) is 5.41 Å². The Hall–Kier alpha value is -0.113. The summed E-state index contributed by atoms with van der Waals surface area (Å²) in [6.07, 6.45) is 7.20. The van der Waals surface area contributed by atoms with Crippen LogP contribution in [0.15, 0.2) is 0 Å². The molecule has 0 saturated carbocycles. The van der Waals surface area contributed by atoms with E-state index >= 15 is 0 Å². The molecule has 0 unspecified atom stereocenters. The van der Waals surface area contributed by atoms with Crippen molar-refractivity contribution in [1.82, 2.24) is 0 Å². The molecule has 0 heterocycles. The van der Waals surface area contributed by atoms with Crippen LogP contribution in [0, 0.1) is 0 Å². The van der Waals surface area contributed by atoms with Gasteiger partial charge in [-0.3, -0.25) is 0 Å². The Kier molecular flexibility index (Phi) is 7.91. The predicted molar refractivity (Wildman–Crippen MR) is 52.8 cm³/mol. The first-order valence-electron chi connectivity index (χ1n) is 4.83. The highest BCUT2D eigenvalue weighted by molar-refractivity contribution is 6.72. The minimum absolute atomic E-state index is 0.340. The first-order valence-corrected chi connectivity index (χ1v) is 6.95. The lowest BCUT2D eigenvalue weighted by Crippen LogP contribution is -2.03. The van der Waals surface area contributed by atoms with Crippen LogP contribution in [0.3, 0.4) is 0 Å². The van der Waals surface area contributed by atoms with Gasteiger partial charge in [0.2, 0.25) is 0 Å². The summed E-state index contributed by atoms with van der Waals surface area (Å²) in [5.74, 6) is 0. The van der Waals surface area contributed by atoms with Crippen LogP contribution in [0.1, 0.15) is 45.4 Å². The Morgan fingerprint density at radius 1 is 1.18 bits per heavy atom. The van der Waals surface area contributed by atoms with Crippen molar-refractivity contribution in [2.45, 2.75) is 52.0 Å². The third-order valence-electron chi connectivity index (χ3n) is 1.95. The molecule has 0 aliphatic carbocycles. The first kappa shape index (κ1) is 10.9. The lowest BCUT2D eigenvalue weighted by Gasteiger charge is -1.97. The average molecular weight is 172 g/mol. The SMILES string of the molecule is CCCCCCCC(=O)[SiH2]C. The number of rotatable bonds is 7. The molecule has 0 aromatic rings. The van der Waals surface area contributed by atoms with E-state index in [1.54, 1.807) is 0 Å². The summed E-state index contributed by atoms with van der Waals surface area (Å²) in [4.78, 5) is 10.9. The highest BCUT2D eigenvalue weighted by Crippen LogP contribution is 2.04. The van der Waals surface area contributed by atoms with Crippen LogP contribution in [-0.2, 0) is 4.79 Å². The Morgan fingerprint density at radius 2 is 1.82 bits per heavy atom. The highest BCUT2D eigenvalue weighted by atomic mass is 28.2. The molecule has 0 saturated heterocycles. The maximum Gasteiger partial charge on any atom is 0.104 e. The molecule has 0 bridgehead atoms. The lowest BCUT2D eigenvalue weighted by molar-refractivity contribution is -0.112. The maximum absolute atomic E-state index is 10.9. The van der Waals surface area contributed by atoms with E-state index in [4.69, 9.17) is 0 Å². The summed E-state index contributed by atoms with van der Waals surface area (Å²) in [5.41, 5.74) is 0. The van der Waals surface area contributed by atoms with E-state index in [1.165, 1.54) is 25.7 Å². The number of hydrogen-bond acceptors (Lipinski definition) is 1. The second-order valence-corrected chi connectivity index (χ2v) is 4.55. The number of hydrogen-bond donors (Lipinski definition) is 0. The van der Waals surface area contributed by atoms with Gasteiger partial charge in [-0.1, -0.05) is 39.2 Å². The molecule has 0 N–H and O–H groups in total. The molecule has 0 aromatic carbocycles. The Labute approximate surface area is 72.4 Å². The average Bonchev–Trinajstić information content (AvgIpc) is 2.04. The molecule has 0 spiro atoms. The van der Waals surface area contributed by atoms with E-state index in [1.807, 2.05) is 0 Å². The second-order valence-electron chi connectivity index (χ2n) is 3.06. The van der Waals surface area contributed by atoms with E-state index in [0.717, 1.165) is 12.8 Å². The smallest absolute Gasteiger partial charge is 0.104 e. The van der Waals surface area contributed by atoms with E-state index in [2.05, 4.69) is 13.5 Å². The molecule has 0 fully saturated rings. The van der Waals surface area contributed by atoms with Crippen LogP contribution in [-0.4, -0.2) is 14.9 Å². The topological polar surface area (TPSA) is 17.1 Å². The van der Waals surface area contributed by atoms with Crippen LogP contribution in [0.5, 0.6) is 0 Å². The molecule has 0 aliphatic heterocycles. The van der Waals surface area contributed by atoms with Crippen molar-refractivity contribution in [3.63, 3.8) is 0 Å². The number of unbranched alkanes of at least 4 members (excludes halogenated alkanes) is 4. The monoisotopic (exact) mass is 172 g/mol. The van der Waals surface area contributed by atoms with E-state index in [-0.39, 0.29) is 9.52 Å². The molecule has 1 nitrogen and oxygen atoms in total. The molecule has 11 heavy (non-hydrogen) atoms. The molecule has 0 aromatic heterocycles. The fourth-order valence-corrected chi connectivity index (χ4v) is 1.71. The van der Waals surface area contributed by atoms with Crippen molar-refractivity contribution >= 4 is 14.9 Å². The first-order chi connectivity index (χ1) is 5.31. The van der Waals surface area contributed by atoms with Gasteiger partial charge in [-0.15, -0.1) is 0 Å². The quantitative estimate of drug-likeness (QED) is 0.424. The van der Waals surface area contributed by atoms with Crippen molar-refractivity contribution < 1.29 is 4.79 Å². The summed E-state index contributed by atoms with van der Waals surface area (Å²) < 4.78 is 0. The van der Waals surface area contributed by atoms with Gasteiger partial charge in [0, 0.05) is 6.42 Å². The van der Waals surface area contributed by atoms with Crippen LogP contribution in [0.4, 0.5) is 0 Å². The van der Waals surface area contributed by atoms with Crippen LogP contribution in [0.25, 0.3) is 0 Å². The van der Waals surface area contributed by atoms with Crippen molar-refractivity contribution in [3.8, 4) is 0 Å². The van der Waals surface area contributed by atoms with Gasteiger partial charge in [-0.2, -0.15) is 0 Å². The van der Waals surface area contributed by atoms with Gasteiger partial charge in [0.05, 0.1) is 9.52 Å². The zero-order valence-electron chi connectivity index (χ0n) is 7.86. The Morgan fingerprint density at radius 3 is 2.36 bits per heavy atom. The van der Waals surface area contributed by atoms with Crippen molar-refractivity contribution in [1.29, 1.82) is 0 Å². The molecule has 66 valence electrons. The molecular formula is C9H20OSi. The summed E-state index contributed by atoms with van der Waals surface area (Å²) in [7, 11) is -0.340. The standard InChI is InChI=1S/C9H20OSi/c1-3-4-5-6-7-8-9(10)11-2/h3-8,11H2,1-2H3. The molecule has 0 aliphatic rings. The highest BCUT2D eigenvalue weighted by Gasteiger charge is 1.96. The predicted octanol–water partition coefficient (Wildman–Crippen LogP) is 2.09. The van der Waals surface area contributed by atoms with Gasteiger partial charge < -0.3 is 4.79 Å². The van der Waals surface area contributed by atoms with Crippen LogP contribution < -0.4 is 0 Å². The third-order valence-corrected chi connectivity index (χ3v) is 3.10. The molecule has 0 amide bonds. The summed E-state index contributed by atoms with van der Waals surface area (Å²) in [6, 6.07) is 0. The minimum Gasteiger partial charge on any atom is -0.306 e. The third kappa shape index (κ3) is 7.79. The molecule has 0 atom stereocenters. The largest absolute Gasteiger partial charge is 0.306 e. The van der Waals surface area contributed by atoms with Gasteiger partial charge >= 0.3 is 0 Å². The van der Waals surface area contributed by atoms with E-state index < -0.39 is 0 Å². The lowest BCUT2D eigenvalue weighted by atomic mass is 10.1. The van der Waals surface area contributed by atoms with Crippen molar-refractivity contribution in [2.75, 3.05) is 0 Å².